The first-order valence-corrected chi connectivity index (χ1v) is 11.6. The van der Waals surface area contributed by atoms with Crippen molar-refractivity contribution in [3.8, 4) is 11.3 Å². The van der Waals surface area contributed by atoms with E-state index >= 15 is 0 Å². The minimum Gasteiger partial charge on any atom is -0.478 e. The lowest BCUT2D eigenvalue weighted by Crippen LogP contribution is -2.54. The normalized spacial score (nSPS) is 17.8. The Morgan fingerprint density at radius 2 is 1.76 bits per heavy atom. The minimum absolute atomic E-state index is 0.0398. The number of pyridine rings is 1. The molecule has 7 nitrogen and oxygen atoms in total. The summed E-state index contributed by atoms with van der Waals surface area (Å²) in [6, 6.07) is 17.5. The summed E-state index contributed by atoms with van der Waals surface area (Å²) < 4.78 is 0. The third-order valence-corrected chi connectivity index (χ3v) is 6.75. The van der Waals surface area contributed by atoms with Gasteiger partial charge < -0.3 is 15.3 Å². The largest absolute Gasteiger partial charge is 0.478 e. The second kappa shape index (κ2) is 9.19. The van der Waals surface area contributed by atoms with Gasteiger partial charge in [0.2, 0.25) is 0 Å². The number of para-hydroxylation sites is 1. The third-order valence-electron chi connectivity index (χ3n) is 6.75. The van der Waals surface area contributed by atoms with Crippen molar-refractivity contribution in [2.24, 2.45) is 0 Å². The molecule has 3 aromatic rings. The van der Waals surface area contributed by atoms with Crippen LogP contribution in [0.5, 0.6) is 0 Å². The molecule has 170 valence electrons. The van der Waals surface area contributed by atoms with E-state index in [9.17, 15) is 14.7 Å². The standard InChI is InChI=1S/C26H28N4O3/c31-25(32)23-20-9-4-5-10-22(20)28-24(18-7-2-1-3-8-18)21(23)17-29-15-11-19(12-16-29)30-14-6-13-27-26(30)33/h1-5,7-10,19H,6,11-17H2,(H,27,33)(H,31,32). The number of carboxylic acids is 1. The summed E-state index contributed by atoms with van der Waals surface area (Å²) >= 11 is 0. The smallest absolute Gasteiger partial charge is 0.336 e. The van der Waals surface area contributed by atoms with E-state index in [1.165, 1.54) is 0 Å². The molecule has 2 amide bonds. The average Bonchev–Trinajstić information content (AvgIpc) is 2.85. The Labute approximate surface area is 193 Å². The molecule has 0 aliphatic carbocycles. The number of aromatic carboxylic acids is 1. The van der Waals surface area contributed by atoms with Crippen LogP contribution in [0.25, 0.3) is 22.2 Å². The van der Waals surface area contributed by atoms with E-state index in [-0.39, 0.29) is 12.1 Å². The maximum absolute atomic E-state index is 12.5. The lowest BCUT2D eigenvalue weighted by molar-refractivity contribution is 0.0694. The zero-order valence-electron chi connectivity index (χ0n) is 18.5. The number of fused-ring (bicyclic) bond motifs is 1. The van der Waals surface area contributed by atoms with Crippen LogP contribution in [0.15, 0.2) is 54.6 Å². The fraction of sp³-hybridized carbons (Fsp3) is 0.346. The molecule has 33 heavy (non-hydrogen) atoms. The van der Waals surface area contributed by atoms with E-state index in [0.717, 1.165) is 62.3 Å². The first-order valence-electron chi connectivity index (χ1n) is 11.6. The molecule has 1 aromatic heterocycles. The summed E-state index contributed by atoms with van der Waals surface area (Å²) in [4.78, 5) is 33.9. The minimum atomic E-state index is -0.930. The van der Waals surface area contributed by atoms with E-state index in [2.05, 4.69) is 10.2 Å². The quantitative estimate of drug-likeness (QED) is 0.622. The van der Waals surface area contributed by atoms with Crippen molar-refractivity contribution in [2.45, 2.75) is 31.8 Å². The van der Waals surface area contributed by atoms with Crippen LogP contribution < -0.4 is 5.32 Å². The highest BCUT2D eigenvalue weighted by molar-refractivity contribution is 6.05. The summed E-state index contributed by atoms with van der Waals surface area (Å²) in [6.07, 6.45) is 2.76. The Morgan fingerprint density at radius 1 is 1.03 bits per heavy atom. The molecule has 2 aliphatic heterocycles. The number of nitrogens with one attached hydrogen (secondary N) is 1. The first-order chi connectivity index (χ1) is 16.1. The van der Waals surface area contributed by atoms with Crippen molar-refractivity contribution in [1.82, 2.24) is 20.1 Å². The van der Waals surface area contributed by atoms with E-state index in [4.69, 9.17) is 4.98 Å². The molecule has 0 unspecified atom stereocenters. The molecular formula is C26H28N4O3. The number of nitrogens with zero attached hydrogens (tertiary/aromatic N) is 3. The van der Waals surface area contributed by atoms with Gasteiger partial charge in [-0.2, -0.15) is 0 Å². The third kappa shape index (κ3) is 4.28. The monoisotopic (exact) mass is 444 g/mol. The highest BCUT2D eigenvalue weighted by atomic mass is 16.4. The van der Waals surface area contributed by atoms with Gasteiger partial charge in [-0.1, -0.05) is 48.5 Å². The van der Waals surface area contributed by atoms with Crippen LogP contribution in [0, 0.1) is 0 Å². The summed E-state index contributed by atoms with van der Waals surface area (Å²) in [5.41, 5.74) is 3.41. The number of amides is 2. The number of carboxylic acid groups (broad SMARTS) is 1. The Kier molecular flexibility index (Phi) is 5.96. The number of benzene rings is 2. The summed E-state index contributed by atoms with van der Waals surface area (Å²) in [5, 5.41) is 13.8. The van der Waals surface area contributed by atoms with E-state index in [1.54, 1.807) is 0 Å². The lowest BCUT2D eigenvalue weighted by atomic mass is 9.95. The van der Waals surface area contributed by atoms with Crippen LogP contribution in [0.3, 0.4) is 0 Å². The number of hydrogen-bond acceptors (Lipinski definition) is 4. The van der Waals surface area contributed by atoms with Crippen LogP contribution in [-0.2, 0) is 6.54 Å². The van der Waals surface area contributed by atoms with Gasteiger partial charge >= 0.3 is 12.0 Å². The second-order valence-corrected chi connectivity index (χ2v) is 8.79. The molecule has 7 heteroatoms. The van der Waals surface area contributed by atoms with Crippen molar-refractivity contribution < 1.29 is 14.7 Å². The Morgan fingerprint density at radius 3 is 2.48 bits per heavy atom. The molecule has 0 atom stereocenters. The molecule has 0 radical (unpaired) electrons. The second-order valence-electron chi connectivity index (χ2n) is 8.79. The molecule has 0 spiro atoms. The Hall–Kier alpha value is -3.45. The summed E-state index contributed by atoms with van der Waals surface area (Å²) in [7, 11) is 0. The molecule has 3 heterocycles. The first kappa shape index (κ1) is 21.4. The van der Waals surface area contributed by atoms with Crippen molar-refractivity contribution in [1.29, 1.82) is 0 Å². The number of likely N-dealkylation sites (tertiary alicyclic amines) is 1. The molecule has 0 bridgehead atoms. The SMILES string of the molecule is O=C(O)c1c(CN2CCC(N3CCCNC3=O)CC2)c(-c2ccccc2)nc2ccccc12. The van der Waals surface area contributed by atoms with Crippen LogP contribution in [0.1, 0.15) is 35.2 Å². The number of carbonyl (C=O) groups excluding carboxylic acids is 1. The molecule has 0 saturated carbocycles. The van der Waals surface area contributed by atoms with E-state index < -0.39 is 5.97 Å². The number of hydrogen-bond donors (Lipinski definition) is 2. The van der Waals surface area contributed by atoms with Crippen molar-refractivity contribution in [2.75, 3.05) is 26.2 Å². The van der Waals surface area contributed by atoms with Crippen LogP contribution in [0.2, 0.25) is 0 Å². The molecule has 2 aliphatic rings. The van der Waals surface area contributed by atoms with Crippen molar-refractivity contribution >= 4 is 22.9 Å². The molecule has 2 aromatic carbocycles. The van der Waals surface area contributed by atoms with Crippen LogP contribution in [0.4, 0.5) is 4.79 Å². The molecule has 2 N–H and O–H groups in total. The van der Waals surface area contributed by atoms with E-state index in [1.807, 2.05) is 59.5 Å². The zero-order valence-corrected chi connectivity index (χ0v) is 18.5. The highest BCUT2D eigenvalue weighted by Gasteiger charge is 2.30. The lowest BCUT2D eigenvalue weighted by Gasteiger charge is -2.40. The van der Waals surface area contributed by atoms with Gasteiger partial charge in [0.25, 0.3) is 0 Å². The van der Waals surface area contributed by atoms with Crippen LogP contribution in [-0.4, -0.2) is 64.1 Å². The van der Waals surface area contributed by atoms with Gasteiger partial charge in [-0.3, -0.25) is 4.90 Å². The fourth-order valence-corrected chi connectivity index (χ4v) is 5.09. The topological polar surface area (TPSA) is 85.8 Å². The van der Waals surface area contributed by atoms with Gasteiger partial charge in [-0.05, 0) is 25.3 Å². The predicted molar refractivity (Wildman–Crippen MR) is 127 cm³/mol. The zero-order chi connectivity index (χ0) is 22.8. The number of rotatable bonds is 5. The summed E-state index contributed by atoms with van der Waals surface area (Å²) in [6.45, 7) is 3.71. The molecule has 2 saturated heterocycles. The number of carbonyl (C=O) groups is 2. The van der Waals surface area contributed by atoms with Crippen molar-refractivity contribution in [3.05, 3.63) is 65.7 Å². The highest BCUT2D eigenvalue weighted by Crippen LogP contribution is 2.32. The van der Waals surface area contributed by atoms with Gasteiger partial charge in [0.1, 0.15) is 0 Å². The maximum atomic E-state index is 12.5. The Bertz CT molecular complexity index is 1170. The number of urea groups is 1. The number of aromatic nitrogens is 1. The molecular weight excluding hydrogens is 416 g/mol. The van der Waals surface area contributed by atoms with Gasteiger partial charge in [0.15, 0.2) is 0 Å². The Balaban J connectivity index is 1.47. The van der Waals surface area contributed by atoms with Gasteiger partial charge in [0, 0.05) is 55.3 Å². The molecule has 5 rings (SSSR count). The van der Waals surface area contributed by atoms with Crippen LogP contribution >= 0.6 is 0 Å². The molecule has 2 fully saturated rings. The van der Waals surface area contributed by atoms with Gasteiger partial charge in [-0.25, -0.2) is 14.6 Å². The van der Waals surface area contributed by atoms with Gasteiger partial charge in [-0.15, -0.1) is 0 Å². The van der Waals surface area contributed by atoms with Crippen molar-refractivity contribution in [3.63, 3.8) is 0 Å². The predicted octanol–water partition coefficient (Wildman–Crippen LogP) is 3.98. The van der Waals surface area contributed by atoms with E-state index in [0.29, 0.717) is 23.0 Å². The van der Waals surface area contributed by atoms with Gasteiger partial charge in [0.05, 0.1) is 16.8 Å². The average molecular weight is 445 g/mol. The summed E-state index contributed by atoms with van der Waals surface area (Å²) in [5.74, 6) is -0.930. The number of piperidine rings is 1. The fourth-order valence-electron chi connectivity index (χ4n) is 5.09. The maximum Gasteiger partial charge on any atom is 0.336 e.